The lowest BCUT2D eigenvalue weighted by atomic mass is 10.0. The molecule has 0 saturated heterocycles. The molecule has 0 aliphatic carbocycles. The van der Waals surface area contributed by atoms with Crippen molar-refractivity contribution in [2.45, 2.75) is 33.8 Å². The van der Waals surface area contributed by atoms with Crippen LogP contribution in [0.5, 0.6) is 5.75 Å². The van der Waals surface area contributed by atoms with Crippen molar-refractivity contribution in [2.24, 2.45) is 11.1 Å². The van der Waals surface area contributed by atoms with Gasteiger partial charge in [-0.2, -0.15) is 0 Å². The molecule has 1 N–H and O–H groups in total. The summed E-state index contributed by atoms with van der Waals surface area (Å²) < 4.78 is 5.54. The van der Waals surface area contributed by atoms with Gasteiger partial charge in [0.2, 0.25) is 0 Å². The van der Waals surface area contributed by atoms with Crippen LogP contribution in [0.1, 0.15) is 33.3 Å². The van der Waals surface area contributed by atoms with Crippen LogP contribution < -0.4 is 4.74 Å². The van der Waals surface area contributed by atoms with Gasteiger partial charge in [-0.1, -0.05) is 19.0 Å². The van der Waals surface area contributed by atoms with E-state index in [2.05, 4.69) is 5.16 Å². The molecule has 0 unspecified atom stereocenters. The molecule has 1 aromatic carbocycles. The third-order valence-electron chi connectivity index (χ3n) is 2.18. The van der Waals surface area contributed by atoms with E-state index in [1.54, 1.807) is 0 Å². The summed E-state index contributed by atoms with van der Waals surface area (Å²) in [7, 11) is 0. The van der Waals surface area contributed by atoms with Crippen molar-refractivity contribution in [2.75, 3.05) is 0 Å². The first kappa shape index (κ1) is 12.6. The van der Waals surface area contributed by atoms with Crippen molar-refractivity contribution in [1.29, 1.82) is 0 Å². The standard InChI is InChI=1S/C13H19NO2/c1-9(2)13(14-15)11-5-7-12(8-6-11)16-10(3)4/h5-10,15H,1-4H3/b14-13+. The van der Waals surface area contributed by atoms with Crippen LogP contribution in [0, 0.1) is 5.92 Å². The molecule has 0 radical (unpaired) electrons. The fourth-order valence-corrected chi connectivity index (χ4v) is 1.48. The Balaban J connectivity index is 2.86. The first-order chi connectivity index (χ1) is 7.54. The van der Waals surface area contributed by atoms with Gasteiger partial charge >= 0.3 is 0 Å². The molecular formula is C13H19NO2. The highest BCUT2D eigenvalue weighted by Crippen LogP contribution is 2.16. The lowest BCUT2D eigenvalue weighted by Gasteiger charge is -2.11. The van der Waals surface area contributed by atoms with E-state index >= 15 is 0 Å². The Morgan fingerprint density at radius 1 is 1.12 bits per heavy atom. The van der Waals surface area contributed by atoms with Crippen LogP contribution in [0.3, 0.4) is 0 Å². The van der Waals surface area contributed by atoms with E-state index in [4.69, 9.17) is 9.94 Å². The third-order valence-corrected chi connectivity index (χ3v) is 2.18. The Kier molecular flexibility index (Phi) is 4.35. The van der Waals surface area contributed by atoms with Crippen LogP contribution >= 0.6 is 0 Å². The predicted molar refractivity (Wildman–Crippen MR) is 65.4 cm³/mol. The maximum absolute atomic E-state index is 8.92. The summed E-state index contributed by atoms with van der Waals surface area (Å²) in [5.74, 6) is 1.03. The molecule has 1 rings (SSSR count). The van der Waals surface area contributed by atoms with Crippen molar-refractivity contribution < 1.29 is 9.94 Å². The van der Waals surface area contributed by atoms with Gasteiger partial charge in [0.05, 0.1) is 11.8 Å². The minimum atomic E-state index is 0.168. The molecule has 0 spiro atoms. The summed E-state index contributed by atoms with van der Waals surface area (Å²) in [6.07, 6.45) is 0.168. The second-order valence-electron chi connectivity index (χ2n) is 4.33. The highest BCUT2D eigenvalue weighted by molar-refractivity contribution is 6.01. The number of hydrogen-bond donors (Lipinski definition) is 1. The number of rotatable bonds is 4. The molecule has 0 fully saturated rings. The van der Waals surface area contributed by atoms with Gasteiger partial charge in [-0.25, -0.2) is 0 Å². The Bertz CT molecular complexity index is 353. The molecule has 16 heavy (non-hydrogen) atoms. The summed E-state index contributed by atoms with van der Waals surface area (Å²) >= 11 is 0. The second kappa shape index (κ2) is 5.54. The quantitative estimate of drug-likeness (QED) is 0.481. The molecule has 0 saturated carbocycles. The molecule has 0 aliphatic rings. The maximum atomic E-state index is 8.92. The topological polar surface area (TPSA) is 41.8 Å². The molecule has 0 atom stereocenters. The van der Waals surface area contributed by atoms with E-state index in [0.717, 1.165) is 11.3 Å². The average molecular weight is 221 g/mol. The molecule has 0 aromatic heterocycles. The van der Waals surface area contributed by atoms with Gasteiger partial charge in [0.25, 0.3) is 0 Å². The van der Waals surface area contributed by atoms with Gasteiger partial charge < -0.3 is 9.94 Å². The van der Waals surface area contributed by atoms with E-state index in [1.807, 2.05) is 52.0 Å². The summed E-state index contributed by atoms with van der Waals surface area (Å²) in [6.45, 7) is 7.96. The predicted octanol–water partition coefficient (Wildman–Crippen LogP) is 3.31. The van der Waals surface area contributed by atoms with E-state index < -0.39 is 0 Å². The maximum Gasteiger partial charge on any atom is 0.119 e. The SMILES string of the molecule is CC(C)Oc1ccc(/C(=N/O)C(C)C)cc1. The lowest BCUT2D eigenvalue weighted by Crippen LogP contribution is -2.10. The first-order valence-electron chi connectivity index (χ1n) is 5.53. The average Bonchev–Trinajstić information content (AvgIpc) is 2.20. The largest absolute Gasteiger partial charge is 0.491 e. The van der Waals surface area contributed by atoms with Crippen molar-refractivity contribution in [3.8, 4) is 5.75 Å². The zero-order valence-electron chi connectivity index (χ0n) is 10.3. The van der Waals surface area contributed by atoms with Crippen LogP contribution in [0.2, 0.25) is 0 Å². The van der Waals surface area contributed by atoms with E-state index in [0.29, 0.717) is 5.71 Å². The normalized spacial score (nSPS) is 12.2. The van der Waals surface area contributed by atoms with Crippen molar-refractivity contribution in [3.63, 3.8) is 0 Å². The minimum absolute atomic E-state index is 0.168. The van der Waals surface area contributed by atoms with Gasteiger partial charge in [-0.05, 0) is 49.6 Å². The van der Waals surface area contributed by atoms with Crippen molar-refractivity contribution in [1.82, 2.24) is 0 Å². The summed E-state index contributed by atoms with van der Waals surface area (Å²) in [5.41, 5.74) is 1.62. The monoisotopic (exact) mass is 221 g/mol. The van der Waals surface area contributed by atoms with Crippen LogP contribution in [0.25, 0.3) is 0 Å². The van der Waals surface area contributed by atoms with Gasteiger partial charge in [0.1, 0.15) is 5.75 Å². The molecule has 88 valence electrons. The van der Waals surface area contributed by atoms with Crippen molar-refractivity contribution in [3.05, 3.63) is 29.8 Å². The third kappa shape index (κ3) is 3.26. The Labute approximate surface area is 96.7 Å². The number of oxime groups is 1. The molecular weight excluding hydrogens is 202 g/mol. The molecule has 3 nitrogen and oxygen atoms in total. The van der Waals surface area contributed by atoms with Crippen molar-refractivity contribution >= 4 is 5.71 Å². The fraction of sp³-hybridized carbons (Fsp3) is 0.462. The summed E-state index contributed by atoms with van der Waals surface area (Å²) in [4.78, 5) is 0. The summed E-state index contributed by atoms with van der Waals surface area (Å²) in [6, 6.07) is 7.60. The molecule has 0 heterocycles. The van der Waals surface area contributed by atoms with Crippen LogP contribution in [-0.4, -0.2) is 17.0 Å². The van der Waals surface area contributed by atoms with E-state index in [1.165, 1.54) is 0 Å². The second-order valence-corrected chi connectivity index (χ2v) is 4.33. The zero-order valence-corrected chi connectivity index (χ0v) is 10.3. The molecule has 0 bridgehead atoms. The Morgan fingerprint density at radius 2 is 1.69 bits per heavy atom. The first-order valence-corrected chi connectivity index (χ1v) is 5.53. The molecule has 1 aromatic rings. The lowest BCUT2D eigenvalue weighted by molar-refractivity contribution is 0.242. The molecule has 0 aliphatic heterocycles. The van der Waals surface area contributed by atoms with Gasteiger partial charge in [-0.3, -0.25) is 0 Å². The van der Waals surface area contributed by atoms with Crippen LogP contribution in [-0.2, 0) is 0 Å². The zero-order chi connectivity index (χ0) is 12.1. The number of nitrogens with zero attached hydrogens (tertiary/aromatic N) is 1. The van der Waals surface area contributed by atoms with Crippen LogP contribution in [0.15, 0.2) is 29.4 Å². The smallest absolute Gasteiger partial charge is 0.119 e. The van der Waals surface area contributed by atoms with E-state index in [-0.39, 0.29) is 12.0 Å². The van der Waals surface area contributed by atoms with Gasteiger partial charge in [-0.15, -0.1) is 0 Å². The van der Waals surface area contributed by atoms with E-state index in [9.17, 15) is 0 Å². The van der Waals surface area contributed by atoms with Gasteiger partial charge in [0.15, 0.2) is 0 Å². The number of benzene rings is 1. The minimum Gasteiger partial charge on any atom is -0.491 e. The highest BCUT2D eigenvalue weighted by Gasteiger charge is 2.09. The van der Waals surface area contributed by atoms with Crippen LogP contribution in [0.4, 0.5) is 0 Å². The Hall–Kier alpha value is -1.51. The number of ether oxygens (including phenoxy) is 1. The Morgan fingerprint density at radius 3 is 2.06 bits per heavy atom. The number of hydrogen-bond acceptors (Lipinski definition) is 3. The van der Waals surface area contributed by atoms with Gasteiger partial charge in [0, 0.05) is 0 Å². The highest BCUT2D eigenvalue weighted by atomic mass is 16.5. The fourth-order valence-electron chi connectivity index (χ4n) is 1.48. The molecule has 3 heteroatoms. The molecule has 0 amide bonds. The summed E-state index contributed by atoms with van der Waals surface area (Å²) in [5, 5.41) is 12.2.